The van der Waals surface area contributed by atoms with Crippen molar-refractivity contribution in [3.8, 4) is 10.8 Å². The zero-order valence-electron chi connectivity index (χ0n) is 23.0. The highest BCUT2D eigenvalue weighted by Gasteiger charge is 2.35. The molecule has 4 aromatic rings. The number of thiophene rings is 1. The first kappa shape index (κ1) is 29.7. The second kappa shape index (κ2) is 11.9. The minimum absolute atomic E-state index is 0.116. The van der Waals surface area contributed by atoms with Crippen molar-refractivity contribution < 1.29 is 19.0 Å². The lowest BCUT2D eigenvalue weighted by Crippen LogP contribution is -2.55. The van der Waals surface area contributed by atoms with Crippen molar-refractivity contribution in [1.29, 1.82) is 0 Å². The highest BCUT2D eigenvalue weighted by molar-refractivity contribution is 7.21. The van der Waals surface area contributed by atoms with Crippen LogP contribution in [0.2, 0.25) is 0 Å². The van der Waals surface area contributed by atoms with Crippen LogP contribution in [0.3, 0.4) is 0 Å². The van der Waals surface area contributed by atoms with Crippen LogP contribution in [-0.4, -0.2) is 55.4 Å². The Morgan fingerprint density at radius 2 is 1.85 bits per heavy atom. The molecule has 1 amide bonds. The summed E-state index contributed by atoms with van der Waals surface area (Å²) in [5.74, 6) is -0.433. The molecule has 3 heterocycles. The fourth-order valence-corrected chi connectivity index (χ4v) is 5.35. The van der Waals surface area contributed by atoms with E-state index in [-0.39, 0.29) is 19.1 Å². The Bertz CT molecular complexity index is 1580. The van der Waals surface area contributed by atoms with Gasteiger partial charge < -0.3 is 15.2 Å². The van der Waals surface area contributed by atoms with E-state index < -0.39 is 28.5 Å². The van der Waals surface area contributed by atoms with Gasteiger partial charge in [0.1, 0.15) is 26.9 Å². The summed E-state index contributed by atoms with van der Waals surface area (Å²) in [6.45, 7) is 8.34. The number of aliphatic hydroxyl groups excluding tert-OH is 1. The lowest BCUT2D eigenvalue weighted by molar-refractivity contribution is -0.128. The zero-order chi connectivity index (χ0) is 29.1. The number of nitrogens with one attached hydrogen (secondary N) is 1. The molecule has 210 valence electrons. The molecular weight excluding hydrogens is 527 g/mol. The Morgan fingerprint density at radius 1 is 1.23 bits per heavy atom. The first-order valence-corrected chi connectivity index (χ1v) is 13.1. The van der Waals surface area contributed by atoms with E-state index in [4.69, 9.17) is 9.84 Å². The largest absolute Gasteiger partial charge is 0.496 e. The number of aryl methyl sites for hydroxylation is 3. The maximum atomic E-state index is 13.9. The van der Waals surface area contributed by atoms with Gasteiger partial charge in [-0.15, -0.1) is 4.80 Å². The number of fused-ring (bicyclic) bond motifs is 1. The molecule has 0 unspecified atom stereocenters. The van der Waals surface area contributed by atoms with Crippen LogP contribution in [0.1, 0.15) is 38.8 Å². The number of methoxy groups -OCH3 is 1. The molecule has 4 rings (SSSR count). The molecule has 0 saturated heterocycles. The molecular formula is C26H33FN6O5S. The fourth-order valence-electron chi connectivity index (χ4n) is 4.12. The van der Waals surface area contributed by atoms with Gasteiger partial charge in [-0.1, -0.05) is 11.3 Å². The molecule has 0 aliphatic carbocycles. The van der Waals surface area contributed by atoms with Crippen molar-refractivity contribution in [3.05, 3.63) is 68.4 Å². The van der Waals surface area contributed by atoms with Gasteiger partial charge in [0.15, 0.2) is 0 Å². The number of ether oxygens (including phenoxy) is 1. The topological polar surface area (TPSA) is 133 Å². The normalized spacial score (nSPS) is 11.4. The molecule has 0 bridgehead atoms. The van der Waals surface area contributed by atoms with Gasteiger partial charge in [-0.25, -0.2) is 13.8 Å². The summed E-state index contributed by atoms with van der Waals surface area (Å²) >= 11 is 1.20. The molecule has 0 radical (unpaired) electrons. The number of carbonyl (C=O) groups excluding carboxylic acids is 1. The molecule has 0 aliphatic heterocycles. The Kier molecular flexibility index (Phi) is 9.07. The molecule has 39 heavy (non-hydrogen) atoms. The third-order valence-electron chi connectivity index (χ3n) is 5.98. The monoisotopic (exact) mass is 560 g/mol. The van der Waals surface area contributed by atoms with Gasteiger partial charge in [0.2, 0.25) is 5.91 Å². The van der Waals surface area contributed by atoms with Crippen LogP contribution in [0.5, 0.6) is 5.75 Å². The van der Waals surface area contributed by atoms with Crippen molar-refractivity contribution in [2.45, 2.75) is 59.2 Å². The van der Waals surface area contributed by atoms with Crippen LogP contribution in [0.4, 0.5) is 4.39 Å². The number of rotatable bonds is 7. The van der Waals surface area contributed by atoms with E-state index in [2.05, 4.69) is 15.5 Å². The van der Waals surface area contributed by atoms with Gasteiger partial charge >= 0.3 is 5.69 Å². The van der Waals surface area contributed by atoms with Crippen LogP contribution in [0.15, 0.2) is 40.2 Å². The van der Waals surface area contributed by atoms with E-state index in [9.17, 15) is 18.8 Å². The maximum absolute atomic E-state index is 13.9. The van der Waals surface area contributed by atoms with E-state index in [1.54, 1.807) is 20.8 Å². The molecule has 0 saturated carbocycles. The van der Waals surface area contributed by atoms with Crippen LogP contribution in [0.25, 0.3) is 15.2 Å². The Hall–Kier alpha value is -3.84. The number of aliphatic hydroxyl groups is 1. The lowest BCUT2D eigenvalue weighted by Gasteiger charge is -2.26. The lowest BCUT2D eigenvalue weighted by atomic mass is 10.0. The predicted molar refractivity (Wildman–Crippen MR) is 147 cm³/mol. The molecule has 1 aromatic carbocycles. The number of hydrogen-bond acceptors (Lipinski definition) is 8. The van der Waals surface area contributed by atoms with Gasteiger partial charge in [0.25, 0.3) is 5.56 Å². The third kappa shape index (κ3) is 5.93. The van der Waals surface area contributed by atoms with Crippen molar-refractivity contribution in [2.75, 3.05) is 14.2 Å². The summed E-state index contributed by atoms with van der Waals surface area (Å²) in [5.41, 5.74) is -1.53. The molecule has 0 fully saturated rings. The standard InChI is InChI=1S/C23H25FN6O4S.C3H8O/c1-13-17-18(31)29(23(2,3)21(32)25-4)22(33)28(20(17)35-19(13)30-26-9-10-27-30)11-8-14-12-15(24)6-7-16(14)34-5;1-3(2)4/h6-7,9-10,12H,8,11H2,1-5H3,(H,25,32);3-4H,1-2H3. The molecule has 0 aliphatic rings. The minimum Gasteiger partial charge on any atom is -0.496 e. The summed E-state index contributed by atoms with van der Waals surface area (Å²) in [5, 5.41) is 19.8. The van der Waals surface area contributed by atoms with Gasteiger partial charge in [-0.3, -0.25) is 14.2 Å². The van der Waals surface area contributed by atoms with Crippen LogP contribution in [0, 0.1) is 12.7 Å². The van der Waals surface area contributed by atoms with E-state index >= 15 is 0 Å². The number of benzene rings is 1. The molecule has 2 N–H and O–H groups in total. The second-order valence-electron chi connectivity index (χ2n) is 9.54. The van der Waals surface area contributed by atoms with Crippen molar-refractivity contribution in [1.82, 2.24) is 29.4 Å². The predicted octanol–water partition coefficient (Wildman–Crippen LogP) is 2.37. The Balaban J connectivity index is 0.000000983. The first-order valence-electron chi connectivity index (χ1n) is 12.2. The second-order valence-corrected chi connectivity index (χ2v) is 10.5. The average Bonchev–Trinajstić information content (AvgIpc) is 3.51. The highest BCUT2D eigenvalue weighted by Crippen LogP contribution is 2.31. The molecule has 11 nitrogen and oxygen atoms in total. The quantitative estimate of drug-likeness (QED) is 0.355. The molecule has 13 heteroatoms. The number of hydrogen-bond donors (Lipinski definition) is 2. The van der Waals surface area contributed by atoms with E-state index in [1.807, 2.05) is 0 Å². The van der Waals surface area contributed by atoms with Gasteiger partial charge in [-0.2, -0.15) is 10.2 Å². The fraction of sp³-hybridized carbons (Fsp3) is 0.423. The average molecular weight is 561 g/mol. The van der Waals surface area contributed by atoms with Crippen molar-refractivity contribution >= 4 is 27.5 Å². The van der Waals surface area contributed by atoms with Crippen molar-refractivity contribution in [2.24, 2.45) is 0 Å². The van der Waals surface area contributed by atoms with Gasteiger partial charge in [-0.05, 0) is 64.8 Å². The van der Waals surface area contributed by atoms with E-state index in [0.29, 0.717) is 32.1 Å². The summed E-state index contributed by atoms with van der Waals surface area (Å²) in [7, 11) is 2.93. The number of aromatic nitrogens is 5. The summed E-state index contributed by atoms with van der Waals surface area (Å²) < 4.78 is 21.7. The number of halogens is 1. The van der Waals surface area contributed by atoms with Gasteiger partial charge in [0, 0.05) is 25.3 Å². The summed E-state index contributed by atoms with van der Waals surface area (Å²) in [6, 6.07) is 4.17. The highest BCUT2D eigenvalue weighted by atomic mass is 32.1. The number of carbonyl (C=O) groups is 1. The number of amides is 1. The molecule has 0 atom stereocenters. The summed E-state index contributed by atoms with van der Waals surface area (Å²) in [4.78, 5) is 41.8. The maximum Gasteiger partial charge on any atom is 0.333 e. The number of nitrogens with zero attached hydrogens (tertiary/aromatic N) is 5. The third-order valence-corrected chi connectivity index (χ3v) is 7.26. The van der Waals surface area contributed by atoms with E-state index in [0.717, 1.165) is 4.57 Å². The minimum atomic E-state index is -1.46. The smallest absolute Gasteiger partial charge is 0.333 e. The number of likely N-dealkylation sites (N-methyl/N-ethyl adjacent to an activating group) is 1. The molecule has 3 aromatic heterocycles. The zero-order valence-corrected chi connectivity index (χ0v) is 23.8. The van der Waals surface area contributed by atoms with Crippen LogP contribution < -0.4 is 21.3 Å². The summed E-state index contributed by atoms with van der Waals surface area (Å²) in [6.07, 6.45) is 3.11. The van der Waals surface area contributed by atoms with Crippen LogP contribution >= 0.6 is 11.3 Å². The Labute approximate surface area is 228 Å². The Morgan fingerprint density at radius 3 is 2.41 bits per heavy atom. The van der Waals surface area contributed by atoms with Crippen molar-refractivity contribution in [3.63, 3.8) is 0 Å². The van der Waals surface area contributed by atoms with Gasteiger partial charge in [0.05, 0.1) is 24.9 Å². The van der Waals surface area contributed by atoms with E-state index in [1.165, 1.54) is 79.3 Å². The first-order chi connectivity index (χ1) is 18.3. The van der Waals surface area contributed by atoms with Crippen LogP contribution in [-0.2, 0) is 23.3 Å². The SMILES string of the molecule is CC(C)O.CNC(=O)C(C)(C)n1c(=O)c2c(C)c(-n3nccn3)sc2n(CCc2cc(F)ccc2OC)c1=O. The molecule has 0 spiro atoms.